The molecule has 0 saturated heterocycles. The Bertz CT molecular complexity index is 1020. The standard InChI is InChI=1S/C26H26F4O2/c1-3-5-18-8-12-21(13-9-18)32-26(29,30)17-16-19-6-10-20(11-7-19)22-14-15-23(31-4-2)25(28)24(22)27/h6-15H,3-5,16-17H2,1-2H3. The highest BCUT2D eigenvalue weighted by Crippen LogP contribution is 2.31. The number of rotatable bonds is 10. The third-order valence-electron chi connectivity index (χ3n) is 5.05. The molecule has 0 heterocycles. The van der Waals surface area contributed by atoms with E-state index in [-0.39, 0.29) is 30.1 Å². The van der Waals surface area contributed by atoms with Crippen LogP contribution in [0.5, 0.6) is 11.5 Å². The zero-order valence-electron chi connectivity index (χ0n) is 18.1. The molecule has 3 rings (SSSR count). The lowest BCUT2D eigenvalue weighted by Gasteiger charge is -2.18. The number of aryl methyl sites for hydroxylation is 2. The molecule has 0 aliphatic rings. The lowest BCUT2D eigenvalue weighted by molar-refractivity contribution is -0.180. The molecule has 0 N–H and O–H groups in total. The molecule has 0 saturated carbocycles. The summed E-state index contributed by atoms with van der Waals surface area (Å²) in [5, 5.41) is 0. The van der Waals surface area contributed by atoms with Gasteiger partial charge in [-0.25, -0.2) is 4.39 Å². The fourth-order valence-corrected chi connectivity index (χ4v) is 3.40. The van der Waals surface area contributed by atoms with Crippen molar-refractivity contribution in [2.45, 2.75) is 45.6 Å². The second-order valence-electron chi connectivity index (χ2n) is 7.50. The van der Waals surface area contributed by atoms with Gasteiger partial charge in [0.2, 0.25) is 5.82 Å². The van der Waals surface area contributed by atoms with Gasteiger partial charge in [-0.3, -0.25) is 0 Å². The molecule has 0 bridgehead atoms. The number of ether oxygens (including phenoxy) is 2. The monoisotopic (exact) mass is 446 g/mol. The maximum atomic E-state index is 14.4. The molecular formula is C26H26F4O2. The van der Waals surface area contributed by atoms with Crippen molar-refractivity contribution in [3.8, 4) is 22.6 Å². The first-order valence-electron chi connectivity index (χ1n) is 10.7. The Morgan fingerprint density at radius 2 is 1.38 bits per heavy atom. The van der Waals surface area contributed by atoms with Crippen LogP contribution in [-0.4, -0.2) is 12.7 Å². The Labute approximate surface area is 185 Å². The molecule has 2 nitrogen and oxygen atoms in total. The number of hydrogen-bond donors (Lipinski definition) is 0. The van der Waals surface area contributed by atoms with Gasteiger partial charge in [-0.2, -0.15) is 13.2 Å². The number of hydrogen-bond acceptors (Lipinski definition) is 2. The van der Waals surface area contributed by atoms with Crippen molar-refractivity contribution in [2.75, 3.05) is 6.61 Å². The van der Waals surface area contributed by atoms with E-state index in [9.17, 15) is 17.6 Å². The molecule has 0 radical (unpaired) electrons. The van der Waals surface area contributed by atoms with Crippen LogP contribution < -0.4 is 9.47 Å². The topological polar surface area (TPSA) is 18.5 Å². The van der Waals surface area contributed by atoms with E-state index in [0.717, 1.165) is 18.4 Å². The van der Waals surface area contributed by atoms with Gasteiger partial charge in [0.05, 0.1) is 13.0 Å². The molecule has 170 valence electrons. The van der Waals surface area contributed by atoms with E-state index in [1.807, 2.05) is 0 Å². The van der Waals surface area contributed by atoms with Crippen LogP contribution in [0.25, 0.3) is 11.1 Å². The normalized spacial score (nSPS) is 11.4. The van der Waals surface area contributed by atoms with Gasteiger partial charge >= 0.3 is 6.11 Å². The van der Waals surface area contributed by atoms with Crippen molar-refractivity contribution in [2.24, 2.45) is 0 Å². The molecule has 3 aromatic carbocycles. The maximum Gasteiger partial charge on any atom is 0.398 e. The molecule has 3 aromatic rings. The van der Waals surface area contributed by atoms with Crippen molar-refractivity contribution >= 4 is 0 Å². The Morgan fingerprint density at radius 3 is 2.00 bits per heavy atom. The van der Waals surface area contributed by atoms with E-state index in [0.29, 0.717) is 11.1 Å². The van der Waals surface area contributed by atoms with Gasteiger partial charge in [0, 0.05) is 5.56 Å². The molecule has 0 aliphatic heterocycles. The zero-order valence-corrected chi connectivity index (χ0v) is 18.1. The van der Waals surface area contributed by atoms with Gasteiger partial charge in [-0.15, -0.1) is 0 Å². The third-order valence-corrected chi connectivity index (χ3v) is 5.05. The Morgan fingerprint density at radius 1 is 0.750 bits per heavy atom. The van der Waals surface area contributed by atoms with Crippen LogP contribution >= 0.6 is 0 Å². The summed E-state index contributed by atoms with van der Waals surface area (Å²) in [5.41, 5.74) is 2.25. The summed E-state index contributed by atoms with van der Waals surface area (Å²) in [7, 11) is 0. The van der Waals surface area contributed by atoms with Crippen LogP contribution in [0.15, 0.2) is 60.7 Å². The molecule has 0 amide bonds. The Hall–Kier alpha value is -3.02. The van der Waals surface area contributed by atoms with Gasteiger partial charge in [0.1, 0.15) is 5.75 Å². The highest BCUT2D eigenvalue weighted by atomic mass is 19.3. The van der Waals surface area contributed by atoms with Crippen molar-refractivity contribution in [1.82, 2.24) is 0 Å². The summed E-state index contributed by atoms with van der Waals surface area (Å²) in [6.07, 6.45) is -1.89. The van der Waals surface area contributed by atoms with E-state index in [1.165, 1.54) is 12.1 Å². The number of halogens is 4. The van der Waals surface area contributed by atoms with Gasteiger partial charge in [-0.1, -0.05) is 49.7 Å². The summed E-state index contributed by atoms with van der Waals surface area (Å²) in [4.78, 5) is 0. The van der Waals surface area contributed by atoms with E-state index in [1.54, 1.807) is 55.5 Å². The van der Waals surface area contributed by atoms with Crippen molar-refractivity contribution in [3.63, 3.8) is 0 Å². The number of alkyl halides is 2. The van der Waals surface area contributed by atoms with Gasteiger partial charge < -0.3 is 9.47 Å². The fourth-order valence-electron chi connectivity index (χ4n) is 3.40. The minimum absolute atomic E-state index is 0.0708. The average molecular weight is 446 g/mol. The molecule has 0 atom stereocenters. The summed E-state index contributed by atoms with van der Waals surface area (Å²) >= 11 is 0. The highest BCUT2D eigenvalue weighted by molar-refractivity contribution is 5.65. The molecule has 0 fully saturated rings. The van der Waals surface area contributed by atoms with Crippen LogP contribution in [0.2, 0.25) is 0 Å². The highest BCUT2D eigenvalue weighted by Gasteiger charge is 2.31. The third kappa shape index (κ3) is 6.02. The van der Waals surface area contributed by atoms with Gasteiger partial charge in [0.25, 0.3) is 0 Å². The van der Waals surface area contributed by atoms with E-state index < -0.39 is 24.2 Å². The van der Waals surface area contributed by atoms with Gasteiger partial charge in [-0.05, 0) is 60.7 Å². The molecule has 0 aliphatic carbocycles. The zero-order chi connectivity index (χ0) is 23.1. The quantitative estimate of drug-likeness (QED) is 0.299. The first-order valence-corrected chi connectivity index (χ1v) is 10.7. The molecular weight excluding hydrogens is 420 g/mol. The summed E-state index contributed by atoms with van der Waals surface area (Å²) < 4.78 is 66.9. The summed E-state index contributed by atoms with van der Waals surface area (Å²) in [5.74, 6) is -2.08. The van der Waals surface area contributed by atoms with E-state index in [4.69, 9.17) is 9.47 Å². The second-order valence-corrected chi connectivity index (χ2v) is 7.50. The molecule has 0 aromatic heterocycles. The Kier molecular flexibility index (Phi) is 7.78. The molecule has 6 heteroatoms. The predicted octanol–water partition coefficient (Wildman–Crippen LogP) is 7.59. The van der Waals surface area contributed by atoms with Crippen LogP contribution in [0.1, 0.15) is 37.8 Å². The first kappa shape index (κ1) is 23.6. The first-order chi connectivity index (χ1) is 15.3. The lowest BCUT2D eigenvalue weighted by atomic mass is 10.0. The molecule has 0 spiro atoms. The van der Waals surface area contributed by atoms with Crippen LogP contribution in [0.3, 0.4) is 0 Å². The molecule has 0 unspecified atom stereocenters. The second kappa shape index (κ2) is 10.5. The van der Waals surface area contributed by atoms with Crippen molar-refractivity contribution in [1.29, 1.82) is 0 Å². The summed E-state index contributed by atoms with van der Waals surface area (Å²) in [6, 6.07) is 15.9. The minimum Gasteiger partial charge on any atom is -0.491 e. The predicted molar refractivity (Wildman–Crippen MR) is 117 cm³/mol. The maximum absolute atomic E-state index is 14.4. The smallest absolute Gasteiger partial charge is 0.398 e. The van der Waals surface area contributed by atoms with Gasteiger partial charge in [0.15, 0.2) is 11.6 Å². The Balaban J connectivity index is 1.62. The van der Waals surface area contributed by atoms with E-state index in [2.05, 4.69) is 6.92 Å². The number of benzene rings is 3. The molecule has 32 heavy (non-hydrogen) atoms. The van der Waals surface area contributed by atoms with Crippen molar-refractivity contribution in [3.05, 3.63) is 83.4 Å². The van der Waals surface area contributed by atoms with E-state index >= 15 is 0 Å². The van der Waals surface area contributed by atoms with Crippen LogP contribution in [-0.2, 0) is 12.8 Å². The fraction of sp³-hybridized carbons (Fsp3) is 0.308. The van der Waals surface area contributed by atoms with Crippen LogP contribution in [0.4, 0.5) is 17.6 Å². The summed E-state index contributed by atoms with van der Waals surface area (Å²) in [6.45, 7) is 3.96. The minimum atomic E-state index is -3.32. The average Bonchev–Trinajstić information content (AvgIpc) is 2.78. The SMILES string of the molecule is CCCc1ccc(OC(F)(F)CCc2ccc(-c3ccc(OCC)c(F)c3F)cc2)cc1. The van der Waals surface area contributed by atoms with Crippen molar-refractivity contribution < 1.29 is 27.0 Å². The largest absolute Gasteiger partial charge is 0.491 e. The van der Waals surface area contributed by atoms with Crippen LogP contribution in [0, 0.1) is 11.6 Å². The lowest BCUT2D eigenvalue weighted by Crippen LogP contribution is -2.25.